The lowest BCUT2D eigenvalue weighted by atomic mass is 9.66. The molecular weight excluding hydrogens is 911 g/mol. The summed E-state index contributed by atoms with van der Waals surface area (Å²) in [6, 6.07) is 19.3. The molecule has 11 N–H and O–H groups in total. The molecule has 5 aromatic carbocycles. The number of amides is 4. The van der Waals surface area contributed by atoms with E-state index in [2.05, 4.69) is 21.3 Å². The summed E-state index contributed by atoms with van der Waals surface area (Å²) in [6.45, 7) is 2.03. The first-order chi connectivity index (χ1) is 33.5. The number of aromatic hydroxyl groups is 2. The number of carbonyl (C=O) groups is 4. The Morgan fingerprint density at radius 3 is 1.77 bits per heavy atom. The molecule has 0 radical (unpaired) electrons. The van der Waals surface area contributed by atoms with Crippen LogP contribution in [0.4, 0.5) is 0 Å². The number of hydrogen-bond acceptors (Lipinski definition) is 16. The summed E-state index contributed by atoms with van der Waals surface area (Å²) >= 11 is 0. The maximum Gasteiger partial charge on any atom is 0.255 e. The predicted molar refractivity (Wildman–Crippen MR) is 246 cm³/mol. The summed E-state index contributed by atoms with van der Waals surface area (Å²) in [4.78, 5) is 54.5. The Balaban J connectivity index is 0.000000162. The fourth-order valence-corrected chi connectivity index (χ4v) is 10.8. The predicted octanol–water partition coefficient (Wildman–Crippen LogP) is 0.913. The molecule has 20 heteroatoms. The van der Waals surface area contributed by atoms with E-state index in [0.29, 0.717) is 23.2 Å². The highest BCUT2D eigenvalue weighted by Crippen LogP contribution is 2.52. The number of fused-ring (bicyclic) bond motifs is 9. The fraction of sp³-hybridized carbons (Fsp3) is 0.360. The number of phenolic OH excluding ortho intramolecular Hbond substituents is 2. The Morgan fingerprint density at radius 2 is 1.16 bits per heavy atom. The van der Waals surface area contributed by atoms with E-state index >= 15 is 0 Å². The molecule has 0 saturated heterocycles. The van der Waals surface area contributed by atoms with Gasteiger partial charge in [0.15, 0.2) is 23.0 Å². The average Bonchev–Trinajstić information content (AvgIpc) is 4.04. The van der Waals surface area contributed by atoms with Crippen molar-refractivity contribution in [3.05, 3.63) is 118 Å². The van der Waals surface area contributed by atoms with Crippen LogP contribution in [0.15, 0.2) is 78.9 Å². The molecule has 366 valence electrons. The van der Waals surface area contributed by atoms with Gasteiger partial charge in [0.1, 0.15) is 24.4 Å². The van der Waals surface area contributed by atoms with Crippen LogP contribution in [0, 0.1) is 5.92 Å². The van der Waals surface area contributed by atoms with Crippen LogP contribution < -0.4 is 40.2 Å². The molecule has 0 aromatic heterocycles. The summed E-state index contributed by atoms with van der Waals surface area (Å²) in [5.74, 6) is -4.36. The average molecular weight is 962 g/mol. The van der Waals surface area contributed by atoms with Gasteiger partial charge in [-0.1, -0.05) is 55.5 Å². The fourth-order valence-electron chi connectivity index (χ4n) is 10.8. The highest BCUT2D eigenvalue weighted by molar-refractivity contribution is 6.03. The van der Waals surface area contributed by atoms with Crippen molar-refractivity contribution in [3.8, 4) is 34.5 Å². The number of aliphatic hydroxyl groups excluding tert-OH is 5. The van der Waals surface area contributed by atoms with Crippen LogP contribution in [-0.2, 0) is 6.54 Å². The first-order valence-corrected chi connectivity index (χ1v) is 22.7. The summed E-state index contributed by atoms with van der Waals surface area (Å²) in [7, 11) is 3.81. The van der Waals surface area contributed by atoms with E-state index in [4.69, 9.17) is 18.9 Å². The van der Waals surface area contributed by atoms with Crippen LogP contribution in [0.1, 0.15) is 76.9 Å². The smallest absolute Gasteiger partial charge is 0.255 e. The third-order valence-electron chi connectivity index (χ3n) is 14.3. The molecule has 70 heavy (non-hydrogen) atoms. The van der Waals surface area contributed by atoms with Crippen molar-refractivity contribution in [2.24, 2.45) is 5.92 Å². The van der Waals surface area contributed by atoms with Gasteiger partial charge in [-0.25, -0.2) is 0 Å². The van der Waals surface area contributed by atoms with E-state index in [0.717, 1.165) is 16.3 Å². The van der Waals surface area contributed by atoms with E-state index in [-0.39, 0.29) is 59.0 Å². The lowest BCUT2D eigenvalue weighted by Crippen LogP contribution is -2.69. The SMILES string of the molecule is C[C@@H]1[C@H](O)[C@@H](O)[C@H](NC(=O)c2ccccc2CN(C)C)[C@@H]2c3cc4c(c(O)c3C(=O)N[C@@H]12)OCO4.O=C(N[C@H]1[C@H](O)[C@@H](O)[C@@H](O)[C@@H]2NC(=O)c3c(cc4c(c3O)OCO4)[C@@H]12)c1ccc2ccccc2c1. The largest absolute Gasteiger partial charge is 0.504 e. The lowest BCUT2D eigenvalue weighted by Gasteiger charge is -2.50. The molecule has 0 unspecified atom stereocenters. The number of nitrogens with one attached hydrogen (secondary N) is 4. The molecule has 20 nitrogen and oxygen atoms in total. The molecule has 2 saturated carbocycles. The van der Waals surface area contributed by atoms with Crippen LogP contribution >= 0.6 is 0 Å². The van der Waals surface area contributed by atoms with Crippen LogP contribution in [0.5, 0.6) is 34.5 Å². The van der Waals surface area contributed by atoms with Gasteiger partial charge in [-0.05, 0) is 71.9 Å². The normalized spacial score (nSPS) is 28.8. The molecule has 6 aliphatic rings. The van der Waals surface area contributed by atoms with Crippen molar-refractivity contribution in [2.45, 2.75) is 80.0 Å². The number of benzene rings is 5. The number of phenols is 2. The first kappa shape index (κ1) is 46.5. The summed E-state index contributed by atoms with van der Waals surface area (Å²) in [6.07, 6.45) is -7.23. The number of aliphatic hydroxyl groups is 5. The molecule has 4 heterocycles. The van der Waals surface area contributed by atoms with Gasteiger partial charge in [-0.3, -0.25) is 19.2 Å². The molecule has 12 atom stereocenters. The van der Waals surface area contributed by atoms with Gasteiger partial charge in [-0.2, -0.15) is 0 Å². The topological polar surface area (TPSA) is 298 Å². The van der Waals surface area contributed by atoms with Gasteiger partial charge in [-0.15, -0.1) is 0 Å². The molecule has 11 rings (SSSR count). The Labute approximate surface area is 399 Å². The Bertz CT molecular complexity index is 2950. The molecular formula is C50H51N5O15. The van der Waals surface area contributed by atoms with Gasteiger partial charge in [0.05, 0.1) is 35.4 Å². The number of hydrogen-bond donors (Lipinski definition) is 11. The quantitative estimate of drug-likeness (QED) is 0.113. The lowest BCUT2D eigenvalue weighted by molar-refractivity contribution is -0.117. The van der Waals surface area contributed by atoms with Crippen molar-refractivity contribution < 1.29 is 73.9 Å². The van der Waals surface area contributed by atoms with Gasteiger partial charge >= 0.3 is 0 Å². The van der Waals surface area contributed by atoms with Crippen molar-refractivity contribution in [1.29, 1.82) is 0 Å². The third-order valence-corrected chi connectivity index (χ3v) is 14.3. The van der Waals surface area contributed by atoms with E-state index < -0.39 is 102 Å². The highest BCUT2D eigenvalue weighted by atomic mass is 16.7. The van der Waals surface area contributed by atoms with Crippen molar-refractivity contribution in [2.75, 3.05) is 27.7 Å². The number of carbonyl (C=O) groups excluding carboxylic acids is 4. The summed E-state index contributed by atoms with van der Waals surface area (Å²) in [5.41, 5.74) is 2.19. The second-order valence-corrected chi connectivity index (χ2v) is 18.7. The number of ether oxygens (including phenoxy) is 4. The van der Waals surface area contributed by atoms with Crippen LogP contribution in [0.2, 0.25) is 0 Å². The molecule has 0 spiro atoms. The standard InChI is InChI=1S/C25H29N3O7.C25H22N2O8/c1-11-18-16(14-8-15-23(35-10-34-15)21(30)17(14)25(33)26-18)19(22(31)20(11)29)27-24(32)13-7-5-4-6-12(13)9-28(2)3;28-19-16-13(8-14-23(19)35-9-34-14)15-17(20(29)22(31)21(30)18(15)27-25(16)33)26-24(32)12-6-5-10-3-1-2-4-11(10)7-12/h4-8,11,16,18-20,22,29-31H,9-10H2,1-3H3,(H,26,33)(H,27,32);1-8,15,17-18,20-22,28-31H,9H2,(H,26,32)(H,27,33)/t11-,16+,18-,19+,20-,22-;15-,17+,18+,20-,21-,22+/m00/s1. The molecule has 2 fully saturated rings. The Morgan fingerprint density at radius 1 is 0.629 bits per heavy atom. The highest BCUT2D eigenvalue weighted by Gasteiger charge is 2.56. The van der Waals surface area contributed by atoms with Crippen molar-refractivity contribution in [1.82, 2.24) is 26.2 Å². The van der Waals surface area contributed by atoms with E-state index in [1.54, 1.807) is 43.3 Å². The Hall–Kier alpha value is -7.20. The van der Waals surface area contributed by atoms with Gasteiger partial charge in [0, 0.05) is 41.5 Å². The zero-order valence-corrected chi connectivity index (χ0v) is 37.9. The summed E-state index contributed by atoms with van der Waals surface area (Å²) < 4.78 is 21.4. The van der Waals surface area contributed by atoms with Crippen LogP contribution in [0.25, 0.3) is 10.8 Å². The maximum absolute atomic E-state index is 13.5. The molecule has 5 aromatic rings. The van der Waals surface area contributed by atoms with Crippen molar-refractivity contribution >= 4 is 34.4 Å². The van der Waals surface area contributed by atoms with Crippen molar-refractivity contribution in [3.63, 3.8) is 0 Å². The van der Waals surface area contributed by atoms with Gasteiger partial charge < -0.3 is 80.9 Å². The van der Waals surface area contributed by atoms with Crippen LogP contribution in [0.3, 0.4) is 0 Å². The van der Waals surface area contributed by atoms with E-state index in [9.17, 15) is 54.9 Å². The molecule has 4 aliphatic heterocycles. The monoisotopic (exact) mass is 961 g/mol. The second-order valence-electron chi connectivity index (χ2n) is 18.7. The Kier molecular flexibility index (Phi) is 11.9. The number of rotatable bonds is 6. The second kappa shape index (κ2) is 18.0. The van der Waals surface area contributed by atoms with Gasteiger partial charge in [0.25, 0.3) is 23.6 Å². The summed E-state index contributed by atoms with van der Waals surface area (Å²) in [5, 5.41) is 88.5. The van der Waals surface area contributed by atoms with E-state index in [1.165, 1.54) is 6.07 Å². The minimum Gasteiger partial charge on any atom is -0.504 e. The molecule has 4 amide bonds. The zero-order valence-electron chi connectivity index (χ0n) is 37.9. The minimum absolute atomic E-state index is 0.0125. The molecule has 2 aliphatic carbocycles. The zero-order chi connectivity index (χ0) is 49.4. The third kappa shape index (κ3) is 7.72. The maximum atomic E-state index is 13.5. The van der Waals surface area contributed by atoms with Crippen LogP contribution in [-0.4, -0.2) is 147 Å². The number of nitrogens with zero attached hydrogens (tertiary/aromatic N) is 1. The first-order valence-electron chi connectivity index (χ1n) is 22.7. The minimum atomic E-state index is -1.64. The molecule has 0 bridgehead atoms. The van der Waals surface area contributed by atoms with E-state index in [1.807, 2.05) is 55.4 Å². The van der Waals surface area contributed by atoms with Gasteiger partial charge in [0.2, 0.25) is 25.1 Å².